The molecule has 1 aliphatic rings. The Morgan fingerprint density at radius 1 is 1.15 bits per heavy atom. The molecule has 20 heavy (non-hydrogen) atoms. The zero-order valence-electron chi connectivity index (χ0n) is 12.3. The molecule has 1 aliphatic heterocycles. The van der Waals surface area contributed by atoms with Gasteiger partial charge >= 0.3 is 0 Å². The van der Waals surface area contributed by atoms with Gasteiger partial charge in [0.1, 0.15) is 0 Å². The number of hydrogen-bond acceptors (Lipinski definition) is 2. The van der Waals surface area contributed by atoms with Gasteiger partial charge in [-0.1, -0.05) is 49.4 Å². The van der Waals surface area contributed by atoms with Gasteiger partial charge in [0.25, 0.3) is 0 Å². The highest BCUT2D eigenvalue weighted by atomic mass is 15.2. The molecule has 0 bridgehead atoms. The van der Waals surface area contributed by atoms with Crippen molar-refractivity contribution in [1.82, 2.24) is 4.90 Å². The SMILES string of the molecule is CCCN1CCCC(N)C1c1cccc2ccccc12. The van der Waals surface area contributed by atoms with Crippen molar-refractivity contribution >= 4 is 10.8 Å². The molecule has 0 saturated carbocycles. The summed E-state index contributed by atoms with van der Waals surface area (Å²) in [6.07, 6.45) is 3.55. The van der Waals surface area contributed by atoms with Crippen LogP contribution in [0.25, 0.3) is 10.8 Å². The largest absolute Gasteiger partial charge is 0.326 e. The molecule has 3 rings (SSSR count). The molecule has 1 fully saturated rings. The molecule has 0 aromatic heterocycles. The van der Waals surface area contributed by atoms with Crippen LogP contribution in [0.15, 0.2) is 42.5 Å². The maximum Gasteiger partial charge on any atom is 0.0505 e. The lowest BCUT2D eigenvalue weighted by molar-refractivity contribution is 0.130. The first-order valence-electron chi connectivity index (χ1n) is 7.78. The average molecular weight is 268 g/mol. The van der Waals surface area contributed by atoms with Crippen LogP contribution < -0.4 is 5.73 Å². The number of hydrogen-bond donors (Lipinski definition) is 1. The monoisotopic (exact) mass is 268 g/mol. The van der Waals surface area contributed by atoms with Crippen LogP contribution in [0, 0.1) is 0 Å². The average Bonchev–Trinajstić information content (AvgIpc) is 2.48. The van der Waals surface area contributed by atoms with E-state index in [0.717, 1.165) is 13.0 Å². The fourth-order valence-corrected chi connectivity index (χ4v) is 3.57. The van der Waals surface area contributed by atoms with Crippen LogP contribution in [0.3, 0.4) is 0 Å². The summed E-state index contributed by atoms with van der Waals surface area (Å²) >= 11 is 0. The number of likely N-dealkylation sites (tertiary alicyclic amines) is 1. The standard InChI is InChI=1S/C18H24N2/c1-2-12-20-13-6-11-17(19)18(20)16-10-5-8-14-7-3-4-9-15(14)16/h3-5,7-10,17-18H,2,6,11-13,19H2,1H3. The molecule has 2 aromatic rings. The molecule has 0 spiro atoms. The second-order valence-corrected chi connectivity index (χ2v) is 5.86. The van der Waals surface area contributed by atoms with Gasteiger partial charge in [-0.05, 0) is 48.7 Å². The summed E-state index contributed by atoms with van der Waals surface area (Å²) in [5.41, 5.74) is 7.89. The summed E-state index contributed by atoms with van der Waals surface area (Å²) in [7, 11) is 0. The van der Waals surface area contributed by atoms with Gasteiger partial charge in [0.05, 0.1) is 6.04 Å². The van der Waals surface area contributed by atoms with E-state index in [2.05, 4.69) is 54.3 Å². The molecule has 2 nitrogen and oxygen atoms in total. The van der Waals surface area contributed by atoms with Crippen LogP contribution in [0.4, 0.5) is 0 Å². The number of nitrogens with two attached hydrogens (primary N) is 1. The fraction of sp³-hybridized carbons (Fsp3) is 0.444. The van der Waals surface area contributed by atoms with Crippen molar-refractivity contribution in [3.8, 4) is 0 Å². The van der Waals surface area contributed by atoms with Crippen LogP contribution in [-0.4, -0.2) is 24.0 Å². The summed E-state index contributed by atoms with van der Waals surface area (Å²) in [6.45, 7) is 4.57. The van der Waals surface area contributed by atoms with E-state index in [1.165, 1.54) is 35.7 Å². The lowest BCUT2D eigenvalue weighted by atomic mass is 9.88. The van der Waals surface area contributed by atoms with E-state index in [9.17, 15) is 0 Å². The maximum atomic E-state index is 6.48. The van der Waals surface area contributed by atoms with Crippen LogP contribution in [-0.2, 0) is 0 Å². The van der Waals surface area contributed by atoms with Crippen LogP contribution in [0.2, 0.25) is 0 Å². The van der Waals surface area contributed by atoms with Gasteiger partial charge < -0.3 is 5.73 Å². The normalized spacial score (nSPS) is 24.1. The Bertz CT molecular complexity index is 571. The molecule has 1 saturated heterocycles. The third kappa shape index (κ3) is 2.46. The molecule has 2 aromatic carbocycles. The van der Waals surface area contributed by atoms with E-state index in [-0.39, 0.29) is 6.04 Å². The Kier molecular flexibility index (Phi) is 4.04. The van der Waals surface area contributed by atoms with Crippen molar-refractivity contribution in [2.24, 2.45) is 5.73 Å². The molecular formula is C18H24N2. The molecule has 106 valence electrons. The zero-order valence-corrected chi connectivity index (χ0v) is 12.3. The number of rotatable bonds is 3. The molecule has 0 aliphatic carbocycles. The predicted molar refractivity (Wildman–Crippen MR) is 85.8 cm³/mol. The van der Waals surface area contributed by atoms with Gasteiger partial charge in [-0.15, -0.1) is 0 Å². The topological polar surface area (TPSA) is 29.3 Å². The summed E-state index contributed by atoms with van der Waals surface area (Å²) in [6, 6.07) is 15.9. The van der Waals surface area contributed by atoms with Gasteiger partial charge in [0.15, 0.2) is 0 Å². The minimum absolute atomic E-state index is 0.251. The van der Waals surface area contributed by atoms with Crippen LogP contribution >= 0.6 is 0 Å². The highest BCUT2D eigenvalue weighted by Crippen LogP contribution is 2.34. The lowest BCUT2D eigenvalue weighted by Crippen LogP contribution is -2.46. The van der Waals surface area contributed by atoms with Crippen molar-refractivity contribution in [3.63, 3.8) is 0 Å². The minimum Gasteiger partial charge on any atom is -0.326 e. The van der Waals surface area contributed by atoms with E-state index in [1.807, 2.05) is 0 Å². The molecule has 0 radical (unpaired) electrons. The molecule has 0 amide bonds. The van der Waals surface area contributed by atoms with E-state index >= 15 is 0 Å². The second kappa shape index (κ2) is 5.94. The Hall–Kier alpha value is -1.38. The summed E-state index contributed by atoms with van der Waals surface area (Å²) in [5, 5.41) is 2.68. The Balaban J connectivity index is 2.06. The maximum absolute atomic E-state index is 6.48. The highest BCUT2D eigenvalue weighted by Gasteiger charge is 2.30. The first-order valence-corrected chi connectivity index (χ1v) is 7.78. The summed E-state index contributed by atoms with van der Waals surface area (Å²) in [4.78, 5) is 2.58. The Morgan fingerprint density at radius 3 is 2.80 bits per heavy atom. The quantitative estimate of drug-likeness (QED) is 0.919. The zero-order chi connectivity index (χ0) is 13.9. The van der Waals surface area contributed by atoms with E-state index in [0.29, 0.717) is 6.04 Å². The van der Waals surface area contributed by atoms with E-state index in [1.54, 1.807) is 0 Å². The van der Waals surface area contributed by atoms with Gasteiger partial charge in [0, 0.05) is 6.04 Å². The molecule has 2 unspecified atom stereocenters. The third-order valence-electron chi connectivity index (χ3n) is 4.43. The van der Waals surface area contributed by atoms with Gasteiger partial charge in [-0.3, -0.25) is 4.90 Å². The van der Waals surface area contributed by atoms with E-state index < -0.39 is 0 Å². The molecule has 2 atom stereocenters. The first kappa shape index (κ1) is 13.6. The number of piperidine rings is 1. The van der Waals surface area contributed by atoms with Crippen molar-refractivity contribution in [1.29, 1.82) is 0 Å². The minimum atomic E-state index is 0.251. The fourth-order valence-electron chi connectivity index (χ4n) is 3.57. The van der Waals surface area contributed by atoms with Crippen molar-refractivity contribution < 1.29 is 0 Å². The van der Waals surface area contributed by atoms with Crippen molar-refractivity contribution in [2.75, 3.05) is 13.1 Å². The van der Waals surface area contributed by atoms with Crippen LogP contribution in [0.1, 0.15) is 37.8 Å². The summed E-state index contributed by atoms with van der Waals surface area (Å²) in [5.74, 6) is 0. The number of fused-ring (bicyclic) bond motifs is 1. The molecular weight excluding hydrogens is 244 g/mol. The molecule has 1 heterocycles. The second-order valence-electron chi connectivity index (χ2n) is 5.86. The number of benzene rings is 2. The smallest absolute Gasteiger partial charge is 0.0505 e. The van der Waals surface area contributed by atoms with Crippen LogP contribution in [0.5, 0.6) is 0 Å². The Labute approximate surface area is 121 Å². The predicted octanol–water partition coefficient (Wildman–Crippen LogP) is 3.71. The molecule has 2 heteroatoms. The van der Waals surface area contributed by atoms with Gasteiger partial charge in [-0.2, -0.15) is 0 Å². The summed E-state index contributed by atoms with van der Waals surface area (Å²) < 4.78 is 0. The van der Waals surface area contributed by atoms with Gasteiger partial charge in [-0.25, -0.2) is 0 Å². The first-order chi connectivity index (χ1) is 9.81. The molecule has 2 N–H and O–H groups in total. The van der Waals surface area contributed by atoms with Crippen molar-refractivity contribution in [3.05, 3.63) is 48.0 Å². The van der Waals surface area contributed by atoms with Crippen molar-refractivity contribution in [2.45, 2.75) is 38.3 Å². The highest BCUT2D eigenvalue weighted by molar-refractivity contribution is 5.86. The lowest BCUT2D eigenvalue weighted by Gasteiger charge is -2.40. The Morgan fingerprint density at radius 2 is 1.95 bits per heavy atom. The van der Waals surface area contributed by atoms with E-state index in [4.69, 9.17) is 5.73 Å². The number of nitrogens with zero attached hydrogens (tertiary/aromatic N) is 1. The van der Waals surface area contributed by atoms with Gasteiger partial charge in [0.2, 0.25) is 0 Å². The third-order valence-corrected chi connectivity index (χ3v) is 4.43.